The van der Waals surface area contributed by atoms with E-state index in [2.05, 4.69) is 10.5 Å². The molecule has 0 radical (unpaired) electrons. The molecule has 0 bridgehead atoms. The third kappa shape index (κ3) is 3.10. The van der Waals surface area contributed by atoms with Crippen LogP contribution in [0.3, 0.4) is 0 Å². The Kier molecular flexibility index (Phi) is 4.09. The van der Waals surface area contributed by atoms with E-state index in [0.29, 0.717) is 13.1 Å². The summed E-state index contributed by atoms with van der Waals surface area (Å²) in [5.41, 5.74) is 1.68. The lowest BCUT2D eigenvalue weighted by Gasteiger charge is -2.23. The number of hydrogen-bond acceptors (Lipinski definition) is 3. The number of rotatable bonds is 3. The van der Waals surface area contributed by atoms with Crippen molar-refractivity contribution in [2.45, 2.75) is 32.4 Å². The van der Waals surface area contributed by atoms with Crippen molar-refractivity contribution in [1.29, 1.82) is 0 Å². The highest BCUT2D eigenvalue weighted by Gasteiger charge is 2.32. The van der Waals surface area contributed by atoms with Crippen LogP contribution in [-0.2, 0) is 6.54 Å². The van der Waals surface area contributed by atoms with Crippen molar-refractivity contribution in [3.05, 3.63) is 53.2 Å². The van der Waals surface area contributed by atoms with Gasteiger partial charge in [-0.15, -0.1) is 0 Å². The summed E-state index contributed by atoms with van der Waals surface area (Å²) >= 11 is 0. The van der Waals surface area contributed by atoms with Gasteiger partial charge in [0.05, 0.1) is 11.7 Å². The molecular weight excluding hydrogens is 285 g/mol. The number of nitrogens with one attached hydrogen (secondary N) is 1. The quantitative estimate of drug-likeness (QED) is 0.947. The number of aryl methyl sites for hydroxylation is 1. The molecule has 2 amide bonds. The highest BCUT2D eigenvalue weighted by Crippen LogP contribution is 2.32. The molecule has 6 heteroatoms. The Balaban J connectivity index is 1.62. The van der Waals surface area contributed by atoms with Crippen LogP contribution in [0.5, 0.6) is 0 Å². The van der Waals surface area contributed by atoms with Gasteiger partial charge in [-0.05, 0) is 37.5 Å². The minimum absolute atomic E-state index is 0.0607. The lowest BCUT2D eigenvalue weighted by molar-refractivity contribution is 0.182. The topological polar surface area (TPSA) is 58.4 Å². The van der Waals surface area contributed by atoms with Gasteiger partial charge in [0.2, 0.25) is 0 Å². The van der Waals surface area contributed by atoms with Crippen LogP contribution in [0.4, 0.5) is 9.18 Å². The van der Waals surface area contributed by atoms with Crippen molar-refractivity contribution < 1.29 is 13.7 Å². The fourth-order valence-corrected chi connectivity index (χ4v) is 2.73. The summed E-state index contributed by atoms with van der Waals surface area (Å²) < 4.78 is 18.2. The summed E-state index contributed by atoms with van der Waals surface area (Å²) in [6, 6.07) is 7.77. The third-order valence-corrected chi connectivity index (χ3v) is 3.85. The van der Waals surface area contributed by atoms with Gasteiger partial charge in [0.25, 0.3) is 0 Å². The number of aromatic nitrogens is 1. The molecule has 1 atom stereocenters. The number of carbonyl (C=O) groups excluding carboxylic acids is 1. The fourth-order valence-electron chi connectivity index (χ4n) is 2.73. The zero-order chi connectivity index (χ0) is 15.5. The molecular formula is C16H18FN3O2. The van der Waals surface area contributed by atoms with Crippen molar-refractivity contribution in [2.24, 2.45) is 0 Å². The smallest absolute Gasteiger partial charge is 0.318 e. The Hall–Kier alpha value is -2.37. The van der Waals surface area contributed by atoms with E-state index in [-0.39, 0.29) is 17.9 Å². The summed E-state index contributed by atoms with van der Waals surface area (Å²) in [7, 11) is 0. The van der Waals surface area contributed by atoms with Gasteiger partial charge in [-0.2, -0.15) is 0 Å². The Morgan fingerprint density at radius 2 is 2.23 bits per heavy atom. The Bertz CT molecular complexity index is 654. The maximum atomic E-state index is 12.9. The standard InChI is InChI=1S/C16H18FN3O2/c1-11-9-15(22-19-11)14-3-2-8-20(14)16(21)18-10-12-4-6-13(17)7-5-12/h4-7,9,14H,2-3,8,10H2,1H3,(H,18,21). The zero-order valence-corrected chi connectivity index (χ0v) is 12.4. The summed E-state index contributed by atoms with van der Waals surface area (Å²) in [4.78, 5) is 14.1. The summed E-state index contributed by atoms with van der Waals surface area (Å²) in [5.74, 6) is 0.447. The molecule has 1 aliphatic rings. The van der Waals surface area contributed by atoms with E-state index in [1.165, 1.54) is 12.1 Å². The molecule has 22 heavy (non-hydrogen) atoms. The molecule has 2 aromatic rings. The van der Waals surface area contributed by atoms with Crippen LogP contribution in [0.15, 0.2) is 34.9 Å². The van der Waals surface area contributed by atoms with Crippen LogP contribution in [0.25, 0.3) is 0 Å². The number of nitrogens with zero attached hydrogens (tertiary/aromatic N) is 2. The van der Waals surface area contributed by atoms with Crippen LogP contribution in [0, 0.1) is 12.7 Å². The number of benzene rings is 1. The van der Waals surface area contributed by atoms with E-state index in [1.54, 1.807) is 17.0 Å². The molecule has 1 fully saturated rings. The molecule has 1 aromatic carbocycles. The normalized spacial score (nSPS) is 17.7. The first-order valence-corrected chi connectivity index (χ1v) is 7.35. The van der Waals surface area contributed by atoms with E-state index < -0.39 is 0 Å². The zero-order valence-electron chi connectivity index (χ0n) is 12.4. The number of hydrogen-bond donors (Lipinski definition) is 1. The number of amides is 2. The van der Waals surface area contributed by atoms with Crippen LogP contribution >= 0.6 is 0 Å². The lowest BCUT2D eigenvalue weighted by Crippen LogP contribution is -2.39. The molecule has 1 N–H and O–H groups in total. The van der Waals surface area contributed by atoms with E-state index >= 15 is 0 Å². The highest BCUT2D eigenvalue weighted by molar-refractivity contribution is 5.75. The van der Waals surface area contributed by atoms with E-state index in [0.717, 1.165) is 29.9 Å². The summed E-state index contributed by atoms with van der Waals surface area (Å²) in [6.07, 6.45) is 1.81. The van der Waals surface area contributed by atoms with Crippen LogP contribution in [-0.4, -0.2) is 22.6 Å². The van der Waals surface area contributed by atoms with Crippen molar-refractivity contribution in [3.8, 4) is 0 Å². The van der Waals surface area contributed by atoms with Crippen molar-refractivity contribution in [2.75, 3.05) is 6.54 Å². The third-order valence-electron chi connectivity index (χ3n) is 3.85. The number of urea groups is 1. The van der Waals surface area contributed by atoms with Gasteiger partial charge in [0.1, 0.15) is 5.82 Å². The monoisotopic (exact) mass is 303 g/mol. The van der Waals surface area contributed by atoms with Gasteiger partial charge < -0.3 is 14.7 Å². The average Bonchev–Trinajstić information content (AvgIpc) is 3.14. The Labute approximate surface area is 128 Å². The van der Waals surface area contributed by atoms with Gasteiger partial charge in [-0.25, -0.2) is 9.18 Å². The number of likely N-dealkylation sites (tertiary alicyclic amines) is 1. The first-order valence-electron chi connectivity index (χ1n) is 7.35. The maximum absolute atomic E-state index is 12.9. The number of halogens is 1. The fraction of sp³-hybridized carbons (Fsp3) is 0.375. The molecule has 1 aromatic heterocycles. The minimum atomic E-state index is -0.282. The molecule has 2 heterocycles. The average molecular weight is 303 g/mol. The summed E-state index contributed by atoms with van der Waals surface area (Å²) in [5, 5.41) is 6.76. The van der Waals surface area contributed by atoms with Gasteiger partial charge in [0.15, 0.2) is 5.76 Å². The molecule has 5 nitrogen and oxygen atoms in total. The molecule has 1 saturated heterocycles. The van der Waals surface area contributed by atoms with Gasteiger partial charge in [-0.3, -0.25) is 0 Å². The molecule has 116 valence electrons. The second-order valence-electron chi connectivity index (χ2n) is 5.51. The predicted molar refractivity (Wildman–Crippen MR) is 78.6 cm³/mol. The first-order chi connectivity index (χ1) is 10.6. The molecule has 0 spiro atoms. The Morgan fingerprint density at radius 3 is 2.91 bits per heavy atom. The first kappa shape index (κ1) is 14.6. The van der Waals surface area contributed by atoms with Gasteiger partial charge >= 0.3 is 6.03 Å². The van der Waals surface area contributed by atoms with Gasteiger partial charge in [0, 0.05) is 19.2 Å². The molecule has 1 aliphatic heterocycles. The van der Waals surface area contributed by atoms with E-state index in [4.69, 9.17) is 4.52 Å². The van der Waals surface area contributed by atoms with Gasteiger partial charge in [-0.1, -0.05) is 17.3 Å². The molecule has 1 unspecified atom stereocenters. The van der Waals surface area contributed by atoms with Crippen molar-refractivity contribution in [3.63, 3.8) is 0 Å². The van der Waals surface area contributed by atoms with E-state index in [1.807, 2.05) is 13.0 Å². The van der Waals surface area contributed by atoms with E-state index in [9.17, 15) is 9.18 Å². The van der Waals surface area contributed by atoms with Crippen LogP contribution < -0.4 is 5.32 Å². The molecule has 0 saturated carbocycles. The summed E-state index contributed by atoms with van der Waals surface area (Å²) in [6.45, 7) is 2.93. The SMILES string of the molecule is Cc1cc(C2CCCN2C(=O)NCc2ccc(F)cc2)on1. The Morgan fingerprint density at radius 1 is 1.45 bits per heavy atom. The lowest BCUT2D eigenvalue weighted by atomic mass is 10.1. The molecule has 3 rings (SSSR count). The van der Waals surface area contributed by atoms with Crippen LogP contribution in [0.1, 0.15) is 35.9 Å². The minimum Gasteiger partial charge on any atom is -0.359 e. The second-order valence-corrected chi connectivity index (χ2v) is 5.51. The van der Waals surface area contributed by atoms with Crippen molar-refractivity contribution >= 4 is 6.03 Å². The largest absolute Gasteiger partial charge is 0.359 e. The molecule has 0 aliphatic carbocycles. The number of carbonyl (C=O) groups is 1. The van der Waals surface area contributed by atoms with Crippen molar-refractivity contribution in [1.82, 2.24) is 15.4 Å². The second kappa shape index (κ2) is 6.17. The highest BCUT2D eigenvalue weighted by atomic mass is 19.1. The maximum Gasteiger partial charge on any atom is 0.318 e. The van der Waals surface area contributed by atoms with Crippen LogP contribution in [0.2, 0.25) is 0 Å². The predicted octanol–water partition coefficient (Wildman–Crippen LogP) is 3.17.